The molecule has 0 aliphatic heterocycles. The summed E-state index contributed by atoms with van der Waals surface area (Å²) in [6.45, 7) is 2.08. The lowest BCUT2D eigenvalue weighted by Crippen LogP contribution is -2.12. The van der Waals surface area contributed by atoms with Crippen molar-refractivity contribution in [1.82, 2.24) is 24.9 Å². The summed E-state index contributed by atoms with van der Waals surface area (Å²) in [6.07, 6.45) is 1.50. The number of hydrogen-bond donors (Lipinski definition) is 5. The molecular formula is C19H18ClN7O2S. The minimum Gasteiger partial charge on any atom is -0.339 e. The van der Waals surface area contributed by atoms with Crippen molar-refractivity contribution in [3.8, 4) is 0 Å². The maximum absolute atomic E-state index is 10.8. The number of anilines is 4. The summed E-state index contributed by atoms with van der Waals surface area (Å²) in [6, 6.07) is 13.1. The van der Waals surface area contributed by atoms with Gasteiger partial charge >= 0.3 is 0 Å². The van der Waals surface area contributed by atoms with Crippen LogP contribution in [0.15, 0.2) is 48.7 Å². The number of nitrogens with zero attached hydrogens (tertiary/aromatic N) is 3. The average Bonchev–Trinajstić information content (AvgIpc) is 3.10. The molecule has 0 spiro atoms. The molecule has 0 atom stereocenters. The molecule has 0 saturated carbocycles. The zero-order chi connectivity index (χ0) is 21.1. The largest absolute Gasteiger partial charge is 0.339 e. The van der Waals surface area contributed by atoms with E-state index in [4.69, 9.17) is 11.6 Å². The third-order valence-electron chi connectivity index (χ3n) is 4.42. The summed E-state index contributed by atoms with van der Waals surface area (Å²) in [4.78, 5) is 8.70. The van der Waals surface area contributed by atoms with E-state index in [-0.39, 0.29) is 6.54 Å². The standard InChI is InChI=1S/C19H18ClN7O2S/c1-11-14-8-13(6-7-17(14)27-26-11)23-19-21-10-15(20)18(25-19)24-16-5-3-2-4-12(16)9-22-30(28)29/h2-8,10,30H,9H2,1H3,(H,26,27)(H,22,28,29)(H2,21,23,24,25). The molecule has 0 amide bonds. The van der Waals surface area contributed by atoms with Gasteiger partial charge in [-0.15, -0.1) is 0 Å². The zero-order valence-electron chi connectivity index (χ0n) is 15.8. The number of aryl methyl sites for hydroxylation is 1. The number of benzene rings is 2. The van der Waals surface area contributed by atoms with Crippen LogP contribution in [0.1, 0.15) is 11.3 Å². The van der Waals surface area contributed by atoms with E-state index in [1.54, 1.807) is 0 Å². The second-order valence-corrected chi connectivity index (χ2v) is 7.70. The van der Waals surface area contributed by atoms with E-state index in [1.165, 1.54) is 6.20 Å². The van der Waals surface area contributed by atoms with Gasteiger partial charge < -0.3 is 10.6 Å². The van der Waals surface area contributed by atoms with Crippen molar-refractivity contribution in [3.63, 3.8) is 0 Å². The van der Waals surface area contributed by atoms with E-state index < -0.39 is 10.9 Å². The number of aromatic amines is 1. The highest BCUT2D eigenvalue weighted by molar-refractivity contribution is 7.70. The number of aromatic nitrogens is 4. The minimum absolute atomic E-state index is 0.153. The molecule has 4 rings (SSSR count). The Labute approximate surface area is 179 Å². The van der Waals surface area contributed by atoms with Gasteiger partial charge in [0.2, 0.25) is 16.8 Å². The van der Waals surface area contributed by atoms with Crippen LogP contribution in [-0.2, 0) is 17.4 Å². The number of hydrogen-bond acceptors (Lipinski definition) is 7. The van der Waals surface area contributed by atoms with Gasteiger partial charge in [-0.05, 0) is 36.8 Å². The number of nitrogens with one attached hydrogen (secondary N) is 4. The van der Waals surface area contributed by atoms with Crippen molar-refractivity contribution in [3.05, 3.63) is 64.9 Å². The predicted molar refractivity (Wildman–Crippen MR) is 118 cm³/mol. The van der Waals surface area contributed by atoms with Gasteiger partial charge in [-0.2, -0.15) is 10.1 Å². The summed E-state index contributed by atoms with van der Waals surface area (Å²) >= 11 is 6.27. The molecule has 0 aliphatic carbocycles. The first kappa shape index (κ1) is 20.1. The van der Waals surface area contributed by atoms with Crippen LogP contribution in [0.2, 0.25) is 5.02 Å². The molecule has 9 nitrogen and oxygen atoms in total. The molecule has 2 heterocycles. The smallest absolute Gasteiger partial charge is 0.229 e. The summed E-state index contributed by atoms with van der Waals surface area (Å²) in [7, 11) is -2.69. The molecule has 2 aromatic heterocycles. The van der Waals surface area contributed by atoms with Crippen LogP contribution in [0.4, 0.5) is 23.1 Å². The first-order chi connectivity index (χ1) is 14.5. The van der Waals surface area contributed by atoms with E-state index in [2.05, 4.69) is 35.5 Å². The molecule has 4 aromatic rings. The zero-order valence-corrected chi connectivity index (χ0v) is 17.5. The topological polar surface area (TPSA) is 125 Å². The van der Waals surface area contributed by atoms with E-state index in [1.807, 2.05) is 49.4 Å². The highest BCUT2D eigenvalue weighted by atomic mass is 35.5. The monoisotopic (exact) mass is 443 g/mol. The lowest BCUT2D eigenvalue weighted by molar-refractivity contribution is 0.601. The number of halogens is 1. The molecule has 0 saturated heterocycles. The van der Waals surface area contributed by atoms with Gasteiger partial charge in [0.05, 0.1) is 17.4 Å². The van der Waals surface area contributed by atoms with Crippen molar-refractivity contribution >= 4 is 56.5 Å². The second kappa shape index (κ2) is 8.66. The number of thiol groups is 1. The molecule has 0 fully saturated rings. The molecule has 0 radical (unpaired) electrons. The van der Waals surface area contributed by atoms with Gasteiger partial charge in [-0.25, -0.2) is 18.1 Å². The molecule has 4 N–H and O–H groups in total. The number of rotatable bonds is 7. The van der Waals surface area contributed by atoms with Crippen LogP contribution in [0.3, 0.4) is 0 Å². The van der Waals surface area contributed by atoms with Crippen molar-refractivity contribution in [2.75, 3.05) is 10.6 Å². The molecule has 154 valence electrons. The molecule has 2 aromatic carbocycles. The Hall–Kier alpha value is -3.21. The van der Waals surface area contributed by atoms with Crippen molar-refractivity contribution < 1.29 is 8.42 Å². The Morgan fingerprint density at radius 2 is 1.97 bits per heavy atom. The molecule has 0 unspecified atom stereocenters. The molecule has 0 bridgehead atoms. The maximum Gasteiger partial charge on any atom is 0.229 e. The van der Waals surface area contributed by atoms with Crippen LogP contribution in [-0.4, -0.2) is 28.6 Å². The quantitative estimate of drug-likeness (QED) is 0.277. The third-order valence-corrected chi connectivity index (χ3v) is 5.12. The highest BCUT2D eigenvalue weighted by Gasteiger charge is 2.10. The average molecular weight is 444 g/mol. The van der Waals surface area contributed by atoms with Crippen LogP contribution < -0.4 is 15.4 Å². The highest BCUT2D eigenvalue weighted by Crippen LogP contribution is 2.27. The van der Waals surface area contributed by atoms with Gasteiger partial charge in [-0.3, -0.25) is 5.10 Å². The molecule has 11 heteroatoms. The lowest BCUT2D eigenvalue weighted by atomic mass is 10.2. The minimum atomic E-state index is -2.69. The van der Waals surface area contributed by atoms with Gasteiger partial charge in [-0.1, -0.05) is 29.8 Å². The number of para-hydroxylation sites is 1. The van der Waals surface area contributed by atoms with Gasteiger partial charge in [0.25, 0.3) is 0 Å². The number of fused-ring (bicyclic) bond motifs is 1. The Bertz CT molecular complexity index is 1280. The fourth-order valence-corrected chi connectivity index (χ4v) is 3.38. The normalized spacial score (nSPS) is 11.2. The van der Waals surface area contributed by atoms with Crippen LogP contribution in [0, 0.1) is 6.92 Å². The Morgan fingerprint density at radius 1 is 1.13 bits per heavy atom. The SMILES string of the molecule is Cc1n[nH]c2ccc(Nc3ncc(Cl)c(Nc4ccccc4CN[SH](=O)=O)n3)cc12. The summed E-state index contributed by atoms with van der Waals surface area (Å²) < 4.78 is 24.1. The van der Waals surface area contributed by atoms with Gasteiger partial charge in [0.15, 0.2) is 5.82 Å². The van der Waals surface area contributed by atoms with Gasteiger partial charge in [0.1, 0.15) is 5.02 Å². The Morgan fingerprint density at radius 3 is 2.80 bits per heavy atom. The molecule has 0 aliphatic rings. The van der Waals surface area contributed by atoms with E-state index in [0.717, 1.165) is 27.8 Å². The Balaban J connectivity index is 1.58. The lowest BCUT2D eigenvalue weighted by Gasteiger charge is -2.13. The van der Waals surface area contributed by atoms with Crippen LogP contribution >= 0.6 is 11.6 Å². The predicted octanol–water partition coefficient (Wildman–Crippen LogP) is 3.42. The fourth-order valence-electron chi connectivity index (χ4n) is 2.94. The number of H-pyrrole nitrogens is 1. The Kier molecular flexibility index (Phi) is 5.79. The van der Waals surface area contributed by atoms with E-state index in [9.17, 15) is 8.42 Å². The maximum atomic E-state index is 10.8. The fraction of sp³-hybridized carbons (Fsp3) is 0.105. The van der Waals surface area contributed by atoms with Crippen LogP contribution in [0.5, 0.6) is 0 Å². The van der Waals surface area contributed by atoms with Crippen molar-refractivity contribution in [1.29, 1.82) is 0 Å². The van der Waals surface area contributed by atoms with Crippen molar-refractivity contribution in [2.45, 2.75) is 13.5 Å². The second-order valence-electron chi connectivity index (χ2n) is 6.46. The summed E-state index contributed by atoms with van der Waals surface area (Å²) in [5.74, 6) is 0.759. The van der Waals surface area contributed by atoms with Crippen LogP contribution in [0.25, 0.3) is 10.9 Å². The van der Waals surface area contributed by atoms with E-state index >= 15 is 0 Å². The van der Waals surface area contributed by atoms with Crippen molar-refractivity contribution in [2.24, 2.45) is 0 Å². The van der Waals surface area contributed by atoms with E-state index in [0.29, 0.717) is 22.5 Å². The first-order valence-corrected chi connectivity index (χ1v) is 10.5. The summed E-state index contributed by atoms with van der Waals surface area (Å²) in [5.41, 5.74) is 4.09. The summed E-state index contributed by atoms with van der Waals surface area (Å²) in [5, 5.41) is 14.8. The molecule has 30 heavy (non-hydrogen) atoms. The molecular weight excluding hydrogens is 426 g/mol. The third kappa shape index (κ3) is 4.51. The van der Waals surface area contributed by atoms with Gasteiger partial charge in [0, 0.05) is 23.3 Å². The first-order valence-electron chi connectivity index (χ1n) is 8.97.